The first-order chi connectivity index (χ1) is 15.6. The molecule has 2 heterocycles. The highest BCUT2D eigenvalue weighted by molar-refractivity contribution is 7.99. The fraction of sp³-hybridized carbons (Fsp3) is 0.0870. The predicted molar refractivity (Wildman–Crippen MR) is 124 cm³/mol. The Balaban J connectivity index is 1.54. The van der Waals surface area contributed by atoms with Gasteiger partial charge in [-0.3, -0.25) is 14.3 Å². The van der Waals surface area contributed by atoms with Gasteiger partial charge in [0.2, 0.25) is 5.91 Å². The number of nitrogens with zero attached hydrogens (tertiary/aromatic N) is 5. The van der Waals surface area contributed by atoms with Crippen molar-refractivity contribution >= 4 is 35.0 Å². The van der Waals surface area contributed by atoms with Crippen LogP contribution in [0.2, 0.25) is 5.02 Å². The van der Waals surface area contributed by atoms with Gasteiger partial charge in [0.1, 0.15) is 6.07 Å². The van der Waals surface area contributed by atoms with Crippen LogP contribution >= 0.6 is 23.4 Å². The second-order valence-corrected chi connectivity index (χ2v) is 8.14. The van der Waals surface area contributed by atoms with E-state index >= 15 is 0 Å². The predicted octanol–water partition coefficient (Wildman–Crippen LogP) is 4.64. The van der Waals surface area contributed by atoms with E-state index in [2.05, 4.69) is 20.5 Å². The Labute approximate surface area is 194 Å². The van der Waals surface area contributed by atoms with E-state index in [1.165, 1.54) is 11.8 Å². The number of halogens is 1. The van der Waals surface area contributed by atoms with Crippen LogP contribution in [0.15, 0.2) is 78.2 Å². The molecule has 158 valence electrons. The lowest BCUT2D eigenvalue weighted by Crippen LogP contribution is -2.15. The summed E-state index contributed by atoms with van der Waals surface area (Å²) in [5.74, 6) is 0.495. The van der Waals surface area contributed by atoms with E-state index in [-0.39, 0.29) is 11.7 Å². The van der Waals surface area contributed by atoms with Gasteiger partial charge in [-0.05, 0) is 35.9 Å². The van der Waals surface area contributed by atoms with E-state index in [1.807, 2.05) is 53.1 Å². The summed E-state index contributed by atoms with van der Waals surface area (Å²) >= 11 is 7.26. The number of aromatic nitrogens is 4. The number of hydrogen-bond acceptors (Lipinski definition) is 6. The molecule has 0 fully saturated rings. The molecule has 0 radical (unpaired) electrons. The van der Waals surface area contributed by atoms with Crippen molar-refractivity contribution < 1.29 is 4.79 Å². The molecule has 32 heavy (non-hydrogen) atoms. The molecule has 0 spiro atoms. The molecular weight excluding hydrogens is 444 g/mol. The van der Waals surface area contributed by atoms with Gasteiger partial charge in [0.15, 0.2) is 11.0 Å². The fourth-order valence-corrected chi connectivity index (χ4v) is 3.96. The van der Waals surface area contributed by atoms with Crippen LogP contribution in [0.25, 0.3) is 11.4 Å². The van der Waals surface area contributed by atoms with Crippen molar-refractivity contribution in [3.63, 3.8) is 0 Å². The van der Waals surface area contributed by atoms with Crippen LogP contribution in [0, 0.1) is 11.3 Å². The zero-order valence-corrected chi connectivity index (χ0v) is 18.3. The third-order valence-electron chi connectivity index (χ3n) is 4.53. The Morgan fingerprint density at radius 3 is 2.72 bits per heavy atom. The molecule has 2 aromatic heterocycles. The number of carbonyl (C=O) groups excluding carboxylic acids is 1. The summed E-state index contributed by atoms with van der Waals surface area (Å²) in [6, 6.07) is 20.5. The third-order valence-corrected chi connectivity index (χ3v) is 5.73. The van der Waals surface area contributed by atoms with Crippen LogP contribution in [0.5, 0.6) is 0 Å². The van der Waals surface area contributed by atoms with Gasteiger partial charge in [-0.2, -0.15) is 5.26 Å². The zero-order chi connectivity index (χ0) is 22.3. The molecule has 0 bridgehead atoms. The first kappa shape index (κ1) is 21.6. The Morgan fingerprint density at radius 2 is 1.97 bits per heavy atom. The minimum atomic E-state index is -0.272. The molecule has 4 rings (SSSR count). The quantitative estimate of drug-likeness (QED) is 0.403. The SMILES string of the molecule is N#Cc1ccc(Cl)cc1NC(=O)CSc1nnc(-c2cccnc2)n1Cc1ccccc1. The maximum absolute atomic E-state index is 12.6. The number of carbonyl (C=O) groups is 1. The van der Waals surface area contributed by atoms with E-state index < -0.39 is 0 Å². The number of benzene rings is 2. The number of rotatable bonds is 7. The van der Waals surface area contributed by atoms with Crippen molar-refractivity contribution in [3.05, 3.63) is 89.2 Å². The molecule has 1 amide bonds. The smallest absolute Gasteiger partial charge is 0.234 e. The molecule has 0 saturated heterocycles. The van der Waals surface area contributed by atoms with Gasteiger partial charge in [0.25, 0.3) is 0 Å². The molecule has 9 heteroatoms. The van der Waals surface area contributed by atoms with Crippen molar-refractivity contribution in [2.45, 2.75) is 11.7 Å². The first-order valence-electron chi connectivity index (χ1n) is 9.64. The zero-order valence-electron chi connectivity index (χ0n) is 16.8. The topological polar surface area (TPSA) is 96.5 Å². The first-order valence-corrected chi connectivity index (χ1v) is 11.0. The second kappa shape index (κ2) is 10.1. The van der Waals surface area contributed by atoms with Gasteiger partial charge < -0.3 is 5.32 Å². The van der Waals surface area contributed by atoms with Crippen LogP contribution in [0.4, 0.5) is 5.69 Å². The number of thioether (sulfide) groups is 1. The van der Waals surface area contributed by atoms with Crippen LogP contribution in [-0.4, -0.2) is 31.4 Å². The largest absolute Gasteiger partial charge is 0.324 e. The third kappa shape index (κ3) is 5.14. The van der Waals surface area contributed by atoms with E-state index in [0.29, 0.717) is 33.8 Å². The summed E-state index contributed by atoms with van der Waals surface area (Å²) in [5.41, 5.74) is 2.65. The molecular formula is C23H17ClN6OS. The van der Waals surface area contributed by atoms with E-state index in [4.69, 9.17) is 11.6 Å². The van der Waals surface area contributed by atoms with Crippen LogP contribution in [0.3, 0.4) is 0 Å². The Bertz CT molecular complexity index is 1270. The van der Waals surface area contributed by atoms with Crippen molar-refractivity contribution in [2.75, 3.05) is 11.1 Å². The summed E-state index contributed by atoms with van der Waals surface area (Å²) in [6.45, 7) is 0.550. The molecule has 0 aliphatic carbocycles. The summed E-state index contributed by atoms with van der Waals surface area (Å²) in [7, 11) is 0. The Morgan fingerprint density at radius 1 is 1.12 bits per heavy atom. The van der Waals surface area contributed by atoms with Crippen molar-refractivity contribution in [3.8, 4) is 17.5 Å². The number of anilines is 1. The lowest BCUT2D eigenvalue weighted by molar-refractivity contribution is -0.113. The molecule has 7 nitrogen and oxygen atoms in total. The van der Waals surface area contributed by atoms with Gasteiger partial charge >= 0.3 is 0 Å². The number of pyridine rings is 1. The monoisotopic (exact) mass is 460 g/mol. The van der Waals surface area contributed by atoms with Gasteiger partial charge in [0.05, 0.1) is 23.5 Å². The highest BCUT2D eigenvalue weighted by Crippen LogP contribution is 2.26. The summed E-state index contributed by atoms with van der Waals surface area (Å²) in [4.78, 5) is 16.7. The molecule has 0 aliphatic rings. The van der Waals surface area contributed by atoms with Crippen molar-refractivity contribution in [1.82, 2.24) is 19.7 Å². The van der Waals surface area contributed by atoms with Gasteiger partial charge in [-0.1, -0.05) is 53.7 Å². The minimum Gasteiger partial charge on any atom is -0.324 e. The molecule has 0 aliphatic heterocycles. The average molecular weight is 461 g/mol. The molecule has 0 unspecified atom stereocenters. The van der Waals surface area contributed by atoms with Gasteiger partial charge in [0, 0.05) is 23.0 Å². The van der Waals surface area contributed by atoms with Crippen molar-refractivity contribution in [1.29, 1.82) is 5.26 Å². The summed E-state index contributed by atoms with van der Waals surface area (Å²) in [6.07, 6.45) is 3.43. The molecule has 1 N–H and O–H groups in total. The Hall–Kier alpha value is -3.67. The Kier molecular flexibility index (Phi) is 6.80. The van der Waals surface area contributed by atoms with Crippen LogP contribution in [-0.2, 0) is 11.3 Å². The van der Waals surface area contributed by atoms with E-state index in [1.54, 1.807) is 30.6 Å². The van der Waals surface area contributed by atoms with Crippen LogP contribution in [0.1, 0.15) is 11.1 Å². The maximum Gasteiger partial charge on any atom is 0.234 e. The van der Waals surface area contributed by atoms with Crippen molar-refractivity contribution in [2.24, 2.45) is 0 Å². The fourth-order valence-electron chi connectivity index (χ4n) is 3.05. The highest BCUT2D eigenvalue weighted by atomic mass is 35.5. The van der Waals surface area contributed by atoms with Crippen LogP contribution < -0.4 is 5.32 Å². The van der Waals surface area contributed by atoms with Gasteiger partial charge in [-0.25, -0.2) is 0 Å². The number of nitriles is 1. The summed E-state index contributed by atoms with van der Waals surface area (Å²) < 4.78 is 1.96. The van der Waals surface area contributed by atoms with E-state index in [0.717, 1.165) is 11.1 Å². The molecule has 2 aromatic carbocycles. The minimum absolute atomic E-state index is 0.0946. The number of hydrogen-bond donors (Lipinski definition) is 1. The highest BCUT2D eigenvalue weighted by Gasteiger charge is 2.17. The average Bonchev–Trinajstić information content (AvgIpc) is 3.21. The van der Waals surface area contributed by atoms with E-state index in [9.17, 15) is 10.1 Å². The normalized spacial score (nSPS) is 10.5. The standard InChI is InChI=1S/C23H17ClN6OS/c24-19-9-8-17(12-25)20(11-19)27-21(31)15-32-23-29-28-22(18-7-4-10-26-13-18)30(23)14-16-5-2-1-3-6-16/h1-11,13H,14-15H2,(H,27,31). The second-order valence-electron chi connectivity index (χ2n) is 6.76. The lowest BCUT2D eigenvalue weighted by Gasteiger charge is -2.11. The number of amides is 1. The molecule has 4 aromatic rings. The molecule has 0 atom stereocenters. The van der Waals surface area contributed by atoms with Gasteiger partial charge in [-0.15, -0.1) is 10.2 Å². The lowest BCUT2D eigenvalue weighted by atomic mass is 10.2. The maximum atomic E-state index is 12.6. The summed E-state index contributed by atoms with van der Waals surface area (Å²) in [5, 5.41) is 21.7. The molecule has 0 saturated carbocycles. The number of nitrogens with one attached hydrogen (secondary N) is 1.